The van der Waals surface area contributed by atoms with Gasteiger partial charge in [0.25, 0.3) is 0 Å². The van der Waals surface area contributed by atoms with Gasteiger partial charge in [-0.1, -0.05) is 184 Å². The van der Waals surface area contributed by atoms with Crippen molar-refractivity contribution in [3.05, 3.63) is 205 Å². The molecule has 10 aromatic carbocycles. The molecular weight excluding hydrogens is 693 g/mol. The fourth-order valence-electron chi connectivity index (χ4n) is 9.29. The lowest BCUT2D eigenvalue weighted by Crippen LogP contribution is -2.14. The quantitative estimate of drug-likeness (QED) is 0.155. The molecule has 2 heteroatoms. The molecule has 0 radical (unpaired) electrons. The maximum absolute atomic E-state index is 6.07. The van der Waals surface area contributed by atoms with Crippen molar-refractivity contribution >= 4 is 87.0 Å². The van der Waals surface area contributed by atoms with E-state index in [1.807, 2.05) is 0 Å². The van der Waals surface area contributed by atoms with Gasteiger partial charge >= 0.3 is 0 Å². The van der Waals surface area contributed by atoms with Crippen molar-refractivity contribution in [3.63, 3.8) is 0 Å². The summed E-state index contributed by atoms with van der Waals surface area (Å²) in [6, 6.07) is 68.2. The van der Waals surface area contributed by atoms with E-state index in [9.17, 15) is 0 Å². The van der Waals surface area contributed by atoms with E-state index in [1.165, 1.54) is 86.9 Å². The summed E-state index contributed by atoms with van der Waals surface area (Å²) < 4.78 is 12.1. The van der Waals surface area contributed by atoms with Crippen molar-refractivity contribution in [1.29, 1.82) is 0 Å². The molecule has 13 rings (SSSR count). The first-order valence-corrected chi connectivity index (χ1v) is 19.7. The van der Waals surface area contributed by atoms with Gasteiger partial charge in [0.05, 0.1) is 0 Å². The van der Waals surface area contributed by atoms with E-state index in [0.29, 0.717) is 0 Å². The SMILES string of the molecule is CC1(C)c2ccccc2-c2ccccc21.c1ccc2c(c1)ccc1oc3ccc4ccccc4c3c12.c1ccc2c(c1)ccc1oc3ccc4ccccc4c3c12. The molecule has 2 aromatic heterocycles. The number of hydrogen-bond acceptors (Lipinski definition) is 2. The lowest BCUT2D eigenvalue weighted by molar-refractivity contribution is 0.660. The molecule has 2 heterocycles. The predicted molar refractivity (Wildman–Crippen MR) is 241 cm³/mol. The first-order valence-electron chi connectivity index (χ1n) is 19.7. The van der Waals surface area contributed by atoms with E-state index in [-0.39, 0.29) is 5.41 Å². The Hall–Kier alpha value is -7.16. The number of fused-ring (bicyclic) bond motifs is 17. The van der Waals surface area contributed by atoms with E-state index >= 15 is 0 Å². The zero-order valence-electron chi connectivity index (χ0n) is 31.8. The third kappa shape index (κ3) is 5.25. The van der Waals surface area contributed by atoms with Crippen molar-refractivity contribution in [2.75, 3.05) is 0 Å². The normalized spacial score (nSPS) is 12.9. The van der Waals surface area contributed by atoms with Crippen LogP contribution in [0.3, 0.4) is 0 Å². The van der Waals surface area contributed by atoms with Crippen LogP contribution in [0, 0.1) is 0 Å². The molecule has 0 bridgehead atoms. The Morgan fingerprint density at radius 3 is 0.860 bits per heavy atom. The van der Waals surface area contributed by atoms with Crippen LogP contribution in [-0.4, -0.2) is 0 Å². The molecule has 57 heavy (non-hydrogen) atoms. The Morgan fingerprint density at radius 1 is 0.281 bits per heavy atom. The second-order valence-corrected chi connectivity index (χ2v) is 15.6. The Labute approximate surface area is 330 Å². The van der Waals surface area contributed by atoms with E-state index in [0.717, 1.165) is 22.3 Å². The minimum absolute atomic E-state index is 0.160. The standard InChI is InChI=1S/2C20H12O.C15H14/c2*1-3-7-15-13(5-1)9-11-17-19(15)20-16-8-4-2-6-14(16)10-12-18(20)21-17;1-15(2)13-9-5-3-7-11(13)12-8-4-6-10-14(12)15/h2*1-12H;3-10H,1-2H3. The molecule has 0 spiro atoms. The van der Waals surface area contributed by atoms with Gasteiger partial charge in [0.15, 0.2) is 0 Å². The minimum Gasteiger partial charge on any atom is -0.456 e. The third-order valence-electron chi connectivity index (χ3n) is 12.0. The molecule has 2 nitrogen and oxygen atoms in total. The van der Waals surface area contributed by atoms with Gasteiger partial charge in [0.2, 0.25) is 0 Å². The summed E-state index contributed by atoms with van der Waals surface area (Å²) in [4.78, 5) is 0. The monoisotopic (exact) mass is 730 g/mol. The minimum atomic E-state index is 0.160. The summed E-state index contributed by atoms with van der Waals surface area (Å²) in [5.41, 5.74) is 9.70. The maximum atomic E-state index is 6.07. The van der Waals surface area contributed by atoms with Crippen LogP contribution in [0.15, 0.2) is 203 Å². The summed E-state index contributed by atoms with van der Waals surface area (Å²) in [5, 5.41) is 14.9. The van der Waals surface area contributed by atoms with Crippen LogP contribution in [0.1, 0.15) is 25.0 Å². The highest BCUT2D eigenvalue weighted by molar-refractivity contribution is 6.27. The average molecular weight is 731 g/mol. The lowest BCUT2D eigenvalue weighted by Gasteiger charge is -2.20. The average Bonchev–Trinajstić information content (AvgIpc) is 3.93. The van der Waals surface area contributed by atoms with Gasteiger partial charge in [-0.05, 0) is 89.6 Å². The fourth-order valence-corrected chi connectivity index (χ4v) is 9.29. The molecule has 0 amide bonds. The molecule has 0 aliphatic heterocycles. The topological polar surface area (TPSA) is 26.3 Å². The van der Waals surface area contributed by atoms with E-state index in [4.69, 9.17) is 8.83 Å². The molecule has 0 fully saturated rings. The van der Waals surface area contributed by atoms with Crippen LogP contribution in [0.5, 0.6) is 0 Å². The van der Waals surface area contributed by atoms with Gasteiger partial charge in [-0.15, -0.1) is 0 Å². The fraction of sp³-hybridized carbons (Fsp3) is 0.0545. The van der Waals surface area contributed by atoms with Gasteiger partial charge in [-0.25, -0.2) is 0 Å². The smallest absolute Gasteiger partial charge is 0.136 e. The van der Waals surface area contributed by atoms with E-state index in [2.05, 4.69) is 208 Å². The van der Waals surface area contributed by atoms with Crippen LogP contribution in [0.2, 0.25) is 0 Å². The molecule has 0 saturated carbocycles. The maximum Gasteiger partial charge on any atom is 0.136 e. The van der Waals surface area contributed by atoms with Crippen LogP contribution < -0.4 is 0 Å². The second-order valence-electron chi connectivity index (χ2n) is 15.6. The van der Waals surface area contributed by atoms with Crippen molar-refractivity contribution in [1.82, 2.24) is 0 Å². The van der Waals surface area contributed by atoms with Crippen LogP contribution in [0.25, 0.3) is 98.1 Å². The molecular formula is C55H38O2. The predicted octanol–water partition coefficient (Wildman–Crippen LogP) is 15.8. The molecule has 1 aliphatic rings. The van der Waals surface area contributed by atoms with Crippen LogP contribution in [0.4, 0.5) is 0 Å². The van der Waals surface area contributed by atoms with E-state index in [1.54, 1.807) is 0 Å². The van der Waals surface area contributed by atoms with E-state index < -0.39 is 0 Å². The largest absolute Gasteiger partial charge is 0.456 e. The van der Waals surface area contributed by atoms with Crippen molar-refractivity contribution in [2.45, 2.75) is 19.3 Å². The lowest BCUT2D eigenvalue weighted by atomic mass is 9.82. The van der Waals surface area contributed by atoms with Gasteiger partial charge in [-0.3, -0.25) is 0 Å². The van der Waals surface area contributed by atoms with Gasteiger partial charge in [0, 0.05) is 27.0 Å². The number of hydrogen-bond donors (Lipinski definition) is 0. The Bertz CT molecular complexity index is 3090. The zero-order chi connectivity index (χ0) is 38.1. The van der Waals surface area contributed by atoms with Crippen LogP contribution in [-0.2, 0) is 5.41 Å². The highest BCUT2D eigenvalue weighted by Crippen LogP contribution is 2.48. The Morgan fingerprint density at radius 2 is 0.544 bits per heavy atom. The molecule has 1 aliphatic carbocycles. The molecule has 270 valence electrons. The summed E-state index contributed by atoms with van der Waals surface area (Å²) in [6.45, 7) is 4.61. The molecule has 0 saturated heterocycles. The second kappa shape index (κ2) is 13.0. The number of benzene rings is 10. The third-order valence-corrected chi connectivity index (χ3v) is 12.0. The first kappa shape index (κ1) is 33.2. The molecule has 0 atom stereocenters. The van der Waals surface area contributed by atoms with Crippen molar-refractivity contribution in [2.24, 2.45) is 0 Å². The Kier molecular flexibility index (Phi) is 7.55. The van der Waals surface area contributed by atoms with Gasteiger partial charge in [0.1, 0.15) is 22.3 Å². The number of rotatable bonds is 0. The summed E-state index contributed by atoms with van der Waals surface area (Å²) in [6.07, 6.45) is 0. The molecule has 0 unspecified atom stereocenters. The number of furan rings is 2. The van der Waals surface area contributed by atoms with Gasteiger partial charge in [-0.2, -0.15) is 0 Å². The van der Waals surface area contributed by atoms with Crippen LogP contribution >= 0.6 is 0 Å². The Balaban J connectivity index is 0.000000100. The molecule has 12 aromatic rings. The highest BCUT2D eigenvalue weighted by atomic mass is 16.3. The van der Waals surface area contributed by atoms with Gasteiger partial charge < -0.3 is 8.83 Å². The van der Waals surface area contributed by atoms with Crippen molar-refractivity contribution < 1.29 is 8.83 Å². The summed E-state index contributed by atoms with van der Waals surface area (Å²) in [7, 11) is 0. The van der Waals surface area contributed by atoms with Crippen molar-refractivity contribution in [3.8, 4) is 11.1 Å². The highest BCUT2D eigenvalue weighted by Gasteiger charge is 2.34. The summed E-state index contributed by atoms with van der Waals surface area (Å²) >= 11 is 0. The zero-order valence-corrected chi connectivity index (χ0v) is 31.8. The molecule has 0 N–H and O–H groups in total. The summed E-state index contributed by atoms with van der Waals surface area (Å²) in [5.74, 6) is 0. The first-order chi connectivity index (χ1) is 28.0.